The Bertz CT molecular complexity index is 1050. The van der Waals surface area contributed by atoms with E-state index in [0.717, 1.165) is 18.7 Å². The summed E-state index contributed by atoms with van der Waals surface area (Å²) in [5.74, 6) is -0.0373. The van der Waals surface area contributed by atoms with Gasteiger partial charge in [-0.2, -0.15) is 0 Å². The van der Waals surface area contributed by atoms with Gasteiger partial charge in [-0.15, -0.1) is 0 Å². The largest absolute Gasteiger partial charge is 0.466 e. The Morgan fingerprint density at radius 2 is 2.19 bits per heavy atom. The van der Waals surface area contributed by atoms with Crippen LogP contribution in [-0.2, 0) is 29.5 Å². The number of carbonyl (C=O) groups is 1. The van der Waals surface area contributed by atoms with Gasteiger partial charge in [0.25, 0.3) is 0 Å². The number of aryl methyl sites for hydroxylation is 1. The van der Waals surface area contributed by atoms with Crippen LogP contribution in [0.15, 0.2) is 47.4 Å². The lowest BCUT2D eigenvalue weighted by molar-refractivity contribution is -0.159. The maximum Gasteiger partial charge on any atom is 0.313 e. The standard InChI is InChI=1S/C23H27FN4O3/c1-3-30-22(29)23(9-6-10-28(15-23)14-17-13-25-16-27(17)2)12-18-11-21(26-31-18)19-7-4-5-8-20(19)24/h4-5,7-8,11,13,16H,3,6,9-10,12,14-15H2,1-2H3/t23-/m0/s1. The first-order valence-electron chi connectivity index (χ1n) is 10.6. The number of likely N-dealkylation sites (tertiary alicyclic amines) is 1. The zero-order chi connectivity index (χ0) is 21.8. The molecule has 0 spiro atoms. The fraction of sp³-hybridized carbons (Fsp3) is 0.435. The quantitative estimate of drug-likeness (QED) is 0.538. The highest BCUT2D eigenvalue weighted by atomic mass is 19.1. The molecule has 3 heterocycles. The number of piperidine rings is 1. The first kappa shape index (κ1) is 21.2. The van der Waals surface area contributed by atoms with Crippen LogP contribution in [0.1, 0.15) is 31.2 Å². The fourth-order valence-electron chi connectivity index (χ4n) is 4.32. The highest BCUT2D eigenvalue weighted by Crippen LogP contribution is 2.37. The molecule has 4 rings (SSSR count). The summed E-state index contributed by atoms with van der Waals surface area (Å²) in [4.78, 5) is 19.5. The fourth-order valence-corrected chi connectivity index (χ4v) is 4.32. The highest BCUT2D eigenvalue weighted by Gasteiger charge is 2.44. The summed E-state index contributed by atoms with van der Waals surface area (Å²) in [7, 11) is 1.96. The number of halogens is 1. The predicted molar refractivity (Wildman–Crippen MR) is 112 cm³/mol. The number of imidazole rings is 1. The van der Waals surface area contributed by atoms with E-state index in [0.29, 0.717) is 49.6 Å². The molecule has 8 heteroatoms. The molecule has 0 amide bonds. The average molecular weight is 426 g/mol. The Kier molecular flexibility index (Phi) is 6.18. The molecule has 31 heavy (non-hydrogen) atoms. The van der Waals surface area contributed by atoms with Crippen molar-refractivity contribution in [3.05, 3.63) is 60.1 Å². The molecular formula is C23H27FN4O3. The minimum Gasteiger partial charge on any atom is -0.466 e. The van der Waals surface area contributed by atoms with Crippen LogP contribution >= 0.6 is 0 Å². The number of esters is 1. The van der Waals surface area contributed by atoms with Crippen molar-refractivity contribution < 1.29 is 18.4 Å². The SMILES string of the molecule is CCOC(=O)[C@]1(Cc2cc(-c3ccccc3F)no2)CCCN(Cc2cncn2C)C1. The van der Waals surface area contributed by atoms with Crippen molar-refractivity contribution in [1.82, 2.24) is 19.6 Å². The van der Waals surface area contributed by atoms with Crippen molar-refractivity contribution in [2.45, 2.75) is 32.7 Å². The van der Waals surface area contributed by atoms with E-state index in [1.165, 1.54) is 6.07 Å². The second-order valence-corrected chi connectivity index (χ2v) is 8.15. The zero-order valence-corrected chi connectivity index (χ0v) is 17.9. The van der Waals surface area contributed by atoms with Crippen molar-refractivity contribution in [3.8, 4) is 11.3 Å². The predicted octanol–water partition coefficient (Wildman–Crippen LogP) is 3.60. The molecule has 0 unspecified atom stereocenters. The van der Waals surface area contributed by atoms with Crippen LogP contribution in [-0.4, -0.2) is 45.3 Å². The number of hydrogen-bond donors (Lipinski definition) is 0. The van der Waals surface area contributed by atoms with Crippen molar-refractivity contribution in [1.29, 1.82) is 0 Å². The monoisotopic (exact) mass is 426 g/mol. The van der Waals surface area contributed by atoms with Gasteiger partial charge in [0, 0.05) is 44.4 Å². The van der Waals surface area contributed by atoms with E-state index >= 15 is 0 Å². The van der Waals surface area contributed by atoms with Crippen LogP contribution in [0.2, 0.25) is 0 Å². The lowest BCUT2D eigenvalue weighted by Crippen LogP contribution is -2.49. The molecule has 1 fully saturated rings. The van der Waals surface area contributed by atoms with Gasteiger partial charge in [-0.3, -0.25) is 9.69 Å². The van der Waals surface area contributed by atoms with E-state index in [1.54, 1.807) is 30.6 Å². The van der Waals surface area contributed by atoms with E-state index in [-0.39, 0.29) is 11.8 Å². The molecule has 0 saturated carbocycles. The van der Waals surface area contributed by atoms with Crippen LogP contribution in [0.3, 0.4) is 0 Å². The number of benzene rings is 1. The van der Waals surface area contributed by atoms with Gasteiger partial charge >= 0.3 is 5.97 Å². The number of nitrogens with zero attached hydrogens (tertiary/aromatic N) is 4. The third kappa shape index (κ3) is 4.54. The van der Waals surface area contributed by atoms with Gasteiger partial charge in [-0.25, -0.2) is 9.37 Å². The van der Waals surface area contributed by atoms with Crippen LogP contribution in [0.25, 0.3) is 11.3 Å². The molecule has 0 bridgehead atoms. The van der Waals surface area contributed by atoms with Crippen LogP contribution < -0.4 is 0 Å². The Labute approximate surface area is 180 Å². The van der Waals surface area contributed by atoms with Gasteiger partial charge in [-0.1, -0.05) is 17.3 Å². The summed E-state index contributed by atoms with van der Waals surface area (Å²) < 4.78 is 27.1. The third-order valence-electron chi connectivity index (χ3n) is 5.89. The first-order chi connectivity index (χ1) is 15.0. The molecule has 7 nitrogen and oxygen atoms in total. The zero-order valence-electron chi connectivity index (χ0n) is 17.9. The average Bonchev–Trinajstić information content (AvgIpc) is 3.38. The number of carbonyl (C=O) groups excluding carboxylic acids is 1. The van der Waals surface area contributed by atoms with E-state index in [1.807, 2.05) is 24.7 Å². The minimum atomic E-state index is -0.737. The molecule has 0 N–H and O–H groups in total. The summed E-state index contributed by atoms with van der Waals surface area (Å²) in [5, 5.41) is 4.05. The maximum absolute atomic E-state index is 14.1. The molecule has 1 aromatic carbocycles. The van der Waals surface area contributed by atoms with Crippen molar-refractivity contribution >= 4 is 5.97 Å². The molecule has 1 atom stereocenters. The second-order valence-electron chi connectivity index (χ2n) is 8.15. The Morgan fingerprint density at radius 1 is 1.35 bits per heavy atom. The van der Waals surface area contributed by atoms with Crippen LogP contribution in [0.4, 0.5) is 4.39 Å². The van der Waals surface area contributed by atoms with Gasteiger partial charge in [0.1, 0.15) is 17.3 Å². The highest BCUT2D eigenvalue weighted by molar-refractivity contribution is 5.77. The third-order valence-corrected chi connectivity index (χ3v) is 5.89. The van der Waals surface area contributed by atoms with E-state index in [9.17, 15) is 9.18 Å². The van der Waals surface area contributed by atoms with Crippen molar-refractivity contribution in [2.24, 2.45) is 12.5 Å². The van der Waals surface area contributed by atoms with Gasteiger partial charge in [0.2, 0.25) is 0 Å². The Balaban J connectivity index is 1.57. The topological polar surface area (TPSA) is 73.4 Å². The summed E-state index contributed by atoms with van der Waals surface area (Å²) >= 11 is 0. The van der Waals surface area contributed by atoms with Gasteiger partial charge in [0.15, 0.2) is 0 Å². The van der Waals surface area contributed by atoms with Crippen LogP contribution in [0.5, 0.6) is 0 Å². The summed E-state index contributed by atoms with van der Waals surface area (Å²) in [6.45, 7) is 4.27. The van der Waals surface area contributed by atoms with E-state index < -0.39 is 5.41 Å². The van der Waals surface area contributed by atoms with Gasteiger partial charge in [0.05, 0.1) is 24.0 Å². The summed E-state index contributed by atoms with van der Waals surface area (Å²) in [5.41, 5.74) is 1.15. The van der Waals surface area contributed by atoms with Crippen LogP contribution in [0, 0.1) is 11.2 Å². The second kappa shape index (κ2) is 9.01. The molecule has 1 aliphatic heterocycles. The number of hydrogen-bond acceptors (Lipinski definition) is 6. The molecular weight excluding hydrogens is 399 g/mol. The molecule has 0 radical (unpaired) electrons. The van der Waals surface area contributed by atoms with Crippen molar-refractivity contribution in [3.63, 3.8) is 0 Å². The molecule has 1 saturated heterocycles. The normalized spacial score (nSPS) is 19.5. The van der Waals surface area contributed by atoms with Crippen molar-refractivity contribution in [2.75, 3.05) is 19.7 Å². The number of ether oxygens (including phenoxy) is 1. The Morgan fingerprint density at radius 3 is 2.94 bits per heavy atom. The number of aromatic nitrogens is 3. The molecule has 164 valence electrons. The summed E-state index contributed by atoms with van der Waals surface area (Å²) in [6.07, 6.45) is 5.54. The minimum absolute atomic E-state index is 0.228. The number of rotatable bonds is 7. The molecule has 0 aliphatic carbocycles. The Hall–Kier alpha value is -3.00. The smallest absolute Gasteiger partial charge is 0.313 e. The van der Waals surface area contributed by atoms with E-state index in [4.69, 9.17) is 9.26 Å². The summed E-state index contributed by atoms with van der Waals surface area (Å²) in [6, 6.07) is 8.16. The molecule has 1 aliphatic rings. The molecule has 3 aromatic rings. The lowest BCUT2D eigenvalue weighted by Gasteiger charge is -2.40. The first-order valence-corrected chi connectivity index (χ1v) is 10.6. The molecule has 2 aromatic heterocycles. The van der Waals surface area contributed by atoms with Gasteiger partial charge < -0.3 is 13.8 Å². The van der Waals surface area contributed by atoms with E-state index in [2.05, 4.69) is 15.0 Å². The van der Waals surface area contributed by atoms with Gasteiger partial charge in [-0.05, 0) is 38.4 Å². The maximum atomic E-state index is 14.1. The lowest BCUT2D eigenvalue weighted by atomic mass is 9.76.